The summed E-state index contributed by atoms with van der Waals surface area (Å²) in [5.74, 6) is 1.39. The molecular weight excluding hydrogens is 296 g/mol. The topological polar surface area (TPSA) is 48.0 Å². The van der Waals surface area contributed by atoms with Crippen LogP contribution in [-0.2, 0) is 6.54 Å². The molecule has 0 N–H and O–H groups in total. The zero-order valence-corrected chi connectivity index (χ0v) is 11.8. The highest BCUT2D eigenvalue weighted by Gasteiger charge is 2.13. The summed E-state index contributed by atoms with van der Waals surface area (Å²) in [6, 6.07) is 3.68. The van der Waals surface area contributed by atoms with Crippen LogP contribution in [0.1, 0.15) is 28.9 Å². The normalized spacial score (nSPS) is 11.3. The maximum atomic E-state index is 12.1. The molecule has 0 radical (unpaired) electrons. The van der Waals surface area contributed by atoms with Crippen molar-refractivity contribution in [3.05, 3.63) is 46.1 Å². The van der Waals surface area contributed by atoms with Gasteiger partial charge in [-0.1, -0.05) is 0 Å². The van der Waals surface area contributed by atoms with Crippen LogP contribution >= 0.6 is 15.9 Å². The summed E-state index contributed by atoms with van der Waals surface area (Å²) < 4.78 is 7.73. The van der Waals surface area contributed by atoms with E-state index in [-0.39, 0.29) is 5.78 Å². The summed E-state index contributed by atoms with van der Waals surface area (Å²) in [6.07, 6.45) is 4.78. The monoisotopic (exact) mass is 308 g/mol. The molecule has 0 fully saturated rings. The molecule has 2 aromatic heterocycles. The first kappa shape index (κ1) is 12.8. The average Bonchev–Trinajstić information content (AvgIpc) is 2.92. The van der Waals surface area contributed by atoms with Crippen molar-refractivity contribution in [2.45, 2.75) is 20.4 Å². The molecule has 5 heteroatoms. The Hall–Kier alpha value is -1.62. The highest BCUT2D eigenvalue weighted by atomic mass is 79.9. The number of halogens is 1. The van der Waals surface area contributed by atoms with Crippen molar-refractivity contribution >= 4 is 27.8 Å². The van der Waals surface area contributed by atoms with Gasteiger partial charge in [0, 0.05) is 6.54 Å². The van der Waals surface area contributed by atoms with Crippen LogP contribution in [0.2, 0.25) is 0 Å². The van der Waals surface area contributed by atoms with Crippen LogP contribution < -0.4 is 0 Å². The van der Waals surface area contributed by atoms with Gasteiger partial charge in [-0.25, -0.2) is 0 Å². The molecule has 2 aromatic rings. The van der Waals surface area contributed by atoms with Gasteiger partial charge in [0.1, 0.15) is 17.2 Å². The van der Waals surface area contributed by atoms with Gasteiger partial charge in [-0.2, -0.15) is 5.10 Å². The molecule has 94 valence electrons. The van der Waals surface area contributed by atoms with Gasteiger partial charge in [-0.15, -0.1) is 0 Å². The number of rotatable bonds is 4. The smallest absolute Gasteiger partial charge is 0.205 e. The molecule has 0 saturated carbocycles. The predicted octanol–water partition coefficient (Wildman–Crippen LogP) is 3.46. The van der Waals surface area contributed by atoms with Gasteiger partial charge in [0.05, 0.1) is 10.7 Å². The standard InChI is InChI=1S/C13H13BrN2O2/c1-3-16-13(11(14)8-15-16)12(17)7-6-10-5-4-9(2)18-10/h4-8H,3H2,1-2H3/b7-6+. The molecule has 0 saturated heterocycles. The van der Waals surface area contributed by atoms with E-state index < -0.39 is 0 Å². The lowest BCUT2D eigenvalue weighted by molar-refractivity contribution is 0.103. The summed E-state index contributed by atoms with van der Waals surface area (Å²) in [7, 11) is 0. The van der Waals surface area contributed by atoms with Gasteiger partial charge >= 0.3 is 0 Å². The first-order valence-corrected chi connectivity index (χ1v) is 6.41. The SMILES string of the molecule is CCn1ncc(Br)c1C(=O)/C=C/c1ccc(C)o1. The van der Waals surface area contributed by atoms with Crippen molar-refractivity contribution in [3.63, 3.8) is 0 Å². The molecule has 0 atom stereocenters. The van der Waals surface area contributed by atoms with Crippen molar-refractivity contribution in [2.24, 2.45) is 0 Å². The number of aryl methyl sites for hydroxylation is 2. The van der Waals surface area contributed by atoms with Crippen molar-refractivity contribution in [3.8, 4) is 0 Å². The first-order valence-electron chi connectivity index (χ1n) is 5.62. The van der Waals surface area contributed by atoms with E-state index in [4.69, 9.17) is 4.42 Å². The quantitative estimate of drug-likeness (QED) is 0.642. The van der Waals surface area contributed by atoms with Crippen LogP contribution in [0.15, 0.2) is 33.3 Å². The molecule has 18 heavy (non-hydrogen) atoms. The molecule has 2 heterocycles. The Labute approximate surface area is 113 Å². The molecular formula is C13H13BrN2O2. The van der Waals surface area contributed by atoms with Gasteiger partial charge in [-0.05, 0) is 54.1 Å². The van der Waals surface area contributed by atoms with Gasteiger partial charge in [0.15, 0.2) is 0 Å². The number of hydrogen-bond acceptors (Lipinski definition) is 3. The van der Waals surface area contributed by atoms with Crippen LogP contribution in [0.4, 0.5) is 0 Å². The fraction of sp³-hybridized carbons (Fsp3) is 0.231. The van der Waals surface area contributed by atoms with E-state index in [2.05, 4.69) is 21.0 Å². The predicted molar refractivity (Wildman–Crippen MR) is 72.4 cm³/mol. The van der Waals surface area contributed by atoms with E-state index in [1.165, 1.54) is 6.08 Å². The highest BCUT2D eigenvalue weighted by Crippen LogP contribution is 2.17. The molecule has 0 aliphatic heterocycles. The maximum absolute atomic E-state index is 12.1. The number of carbonyl (C=O) groups is 1. The number of carbonyl (C=O) groups excluding carboxylic acids is 1. The second-order valence-corrected chi connectivity index (χ2v) is 4.66. The minimum Gasteiger partial charge on any atom is -0.462 e. The van der Waals surface area contributed by atoms with E-state index >= 15 is 0 Å². The molecule has 0 unspecified atom stereocenters. The number of allylic oxidation sites excluding steroid dienone is 1. The first-order chi connectivity index (χ1) is 8.61. The third kappa shape index (κ3) is 2.61. The Bertz CT molecular complexity index is 596. The number of ketones is 1. The maximum Gasteiger partial charge on any atom is 0.205 e. The molecule has 0 amide bonds. The molecule has 4 nitrogen and oxygen atoms in total. The number of hydrogen-bond donors (Lipinski definition) is 0. The lowest BCUT2D eigenvalue weighted by atomic mass is 10.2. The zero-order chi connectivity index (χ0) is 13.1. The van der Waals surface area contributed by atoms with Gasteiger partial charge in [0.2, 0.25) is 5.78 Å². The van der Waals surface area contributed by atoms with Gasteiger partial charge < -0.3 is 4.42 Å². The van der Waals surface area contributed by atoms with Gasteiger partial charge in [-0.3, -0.25) is 9.48 Å². The van der Waals surface area contributed by atoms with Crippen molar-refractivity contribution < 1.29 is 9.21 Å². The largest absolute Gasteiger partial charge is 0.462 e. The average molecular weight is 309 g/mol. The number of furan rings is 1. The third-order valence-electron chi connectivity index (χ3n) is 2.49. The minimum absolute atomic E-state index is 0.102. The molecule has 0 aliphatic rings. The molecule has 2 rings (SSSR count). The fourth-order valence-corrected chi connectivity index (χ4v) is 2.12. The fourth-order valence-electron chi connectivity index (χ4n) is 1.63. The van der Waals surface area contributed by atoms with Crippen molar-refractivity contribution in [1.82, 2.24) is 9.78 Å². The van der Waals surface area contributed by atoms with E-state index in [0.717, 1.165) is 5.76 Å². The van der Waals surface area contributed by atoms with Crippen LogP contribution in [0.25, 0.3) is 6.08 Å². The van der Waals surface area contributed by atoms with Crippen molar-refractivity contribution in [2.75, 3.05) is 0 Å². The summed E-state index contributed by atoms with van der Waals surface area (Å²) in [5.41, 5.74) is 0.553. The summed E-state index contributed by atoms with van der Waals surface area (Å²) in [5, 5.41) is 4.11. The summed E-state index contributed by atoms with van der Waals surface area (Å²) in [4.78, 5) is 12.1. The molecule has 0 aromatic carbocycles. The Balaban J connectivity index is 2.21. The van der Waals surface area contributed by atoms with E-state index in [1.54, 1.807) is 17.0 Å². The highest BCUT2D eigenvalue weighted by molar-refractivity contribution is 9.10. The second kappa shape index (κ2) is 5.35. The van der Waals surface area contributed by atoms with Crippen LogP contribution in [0, 0.1) is 6.92 Å². The van der Waals surface area contributed by atoms with Crippen LogP contribution in [0.5, 0.6) is 0 Å². The lowest BCUT2D eigenvalue weighted by Crippen LogP contribution is -2.07. The van der Waals surface area contributed by atoms with E-state index in [0.29, 0.717) is 22.5 Å². The zero-order valence-electron chi connectivity index (χ0n) is 10.2. The Morgan fingerprint density at radius 1 is 1.56 bits per heavy atom. The van der Waals surface area contributed by atoms with E-state index in [9.17, 15) is 4.79 Å². The van der Waals surface area contributed by atoms with Gasteiger partial charge in [0.25, 0.3) is 0 Å². The van der Waals surface area contributed by atoms with Crippen LogP contribution in [0.3, 0.4) is 0 Å². The van der Waals surface area contributed by atoms with Crippen molar-refractivity contribution in [1.29, 1.82) is 0 Å². The molecule has 0 bridgehead atoms. The molecule has 0 spiro atoms. The number of aromatic nitrogens is 2. The third-order valence-corrected chi connectivity index (χ3v) is 3.07. The second-order valence-electron chi connectivity index (χ2n) is 3.80. The Kier molecular flexibility index (Phi) is 3.81. The van der Waals surface area contributed by atoms with E-state index in [1.807, 2.05) is 26.0 Å². The molecule has 0 aliphatic carbocycles. The Morgan fingerprint density at radius 3 is 2.94 bits per heavy atom. The summed E-state index contributed by atoms with van der Waals surface area (Å²) >= 11 is 3.33. The minimum atomic E-state index is -0.102. The lowest BCUT2D eigenvalue weighted by Gasteiger charge is -2.00. The van der Waals surface area contributed by atoms with Crippen LogP contribution in [-0.4, -0.2) is 15.6 Å². The Morgan fingerprint density at radius 2 is 2.33 bits per heavy atom. The number of nitrogens with zero attached hydrogens (tertiary/aromatic N) is 2. The summed E-state index contributed by atoms with van der Waals surface area (Å²) in [6.45, 7) is 4.46.